The lowest BCUT2D eigenvalue weighted by Gasteiger charge is -2.16. The highest BCUT2D eigenvalue weighted by Gasteiger charge is 2.17. The molecule has 0 radical (unpaired) electrons. The minimum absolute atomic E-state index is 0.0403. The second kappa shape index (κ2) is 8.14. The lowest BCUT2D eigenvalue weighted by molar-refractivity contribution is -0.122. The third kappa shape index (κ3) is 5.20. The zero-order valence-corrected chi connectivity index (χ0v) is 14.1. The molecule has 0 aliphatic heterocycles. The molecule has 2 aromatic rings. The molecule has 7 heteroatoms. The molecule has 1 atom stereocenters. The third-order valence-electron chi connectivity index (χ3n) is 3.29. The van der Waals surface area contributed by atoms with Crippen molar-refractivity contribution < 1.29 is 23.5 Å². The Hall–Kier alpha value is -3.09. The zero-order valence-electron chi connectivity index (χ0n) is 14.1. The first kappa shape index (κ1) is 18.3. The number of carbonyl (C=O) groups is 2. The smallest absolute Gasteiger partial charge is 0.265 e. The maximum atomic E-state index is 13.9. The topological polar surface area (TPSA) is 76.7 Å². The van der Waals surface area contributed by atoms with E-state index in [4.69, 9.17) is 9.47 Å². The lowest BCUT2D eigenvalue weighted by Crippen LogP contribution is -2.30. The molecular formula is C18H19FN2O4. The molecule has 0 aromatic heterocycles. The lowest BCUT2D eigenvalue weighted by atomic mass is 10.2. The highest BCUT2D eigenvalue weighted by Crippen LogP contribution is 2.21. The van der Waals surface area contributed by atoms with Gasteiger partial charge in [0.15, 0.2) is 6.10 Å². The Morgan fingerprint density at radius 3 is 2.28 bits per heavy atom. The standard InChI is InChI=1S/C18H19FN2O4/c1-11(25-15-7-5-14(24-3)6-8-15)18(23)21-17-10-13(20-12(2)22)4-9-16(17)19/h4-11H,1-3H3,(H,20,22)(H,21,23). The van der Waals surface area contributed by atoms with Crippen molar-refractivity contribution in [3.05, 3.63) is 48.3 Å². The summed E-state index contributed by atoms with van der Waals surface area (Å²) < 4.78 is 24.4. The van der Waals surface area contributed by atoms with Crippen molar-refractivity contribution in [1.29, 1.82) is 0 Å². The minimum Gasteiger partial charge on any atom is -0.497 e. The fourth-order valence-electron chi connectivity index (χ4n) is 2.05. The molecule has 0 aliphatic carbocycles. The van der Waals surface area contributed by atoms with Crippen molar-refractivity contribution in [3.8, 4) is 11.5 Å². The second-order valence-electron chi connectivity index (χ2n) is 5.30. The van der Waals surface area contributed by atoms with E-state index in [1.165, 1.54) is 19.1 Å². The molecule has 0 fully saturated rings. The van der Waals surface area contributed by atoms with Crippen LogP contribution in [0.3, 0.4) is 0 Å². The Morgan fingerprint density at radius 1 is 1.04 bits per heavy atom. The number of hydrogen-bond donors (Lipinski definition) is 2. The van der Waals surface area contributed by atoms with Gasteiger partial charge in [0.1, 0.15) is 17.3 Å². The van der Waals surface area contributed by atoms with Gasteiger partial charge in [-0.1, -0.05) is 0 Å². The first-order valence-electron chi connectivity index (χ1n) is 7.57. The van der Waals surface area contributed by atoms with Crippen LogP contribution in [0.25, 0.3) is 0 Å². The van der Waals surface area contributed by atoms with Crippen molar-refractivity contribution in [2.45, 2.75) is 20.0 Å². The van der Waals surface area contributed by atoms with Gasteiger partial charge < -0.3 is 20.1 Å². The molecule has 2 amide bonds. The number of halogens is 1. The van der Waals surface area contributed by atoms with Gasteiger partial charge in [-0.3, -0.25) is 9.59 Å². The first-order chi connectivity index (χ1) is 11.9. The maximum absolute atomic E-state index is 13.9. The predicted molar refractivity (Wildman–Crippen MR) is 92.4 cm³/mol. The Kier molecular flexibility index (Phi) is 5.94. The molecule has 2 N–H and O–H groups in total. The number of ether oxygens (including phenoxy) is 2. The third-order valence-corrected chi connectivity index (χ3v) is 3.29. The monoisotopic (exact) mass is 346 g/mol. The van der Waals surface area contributed by atoms with Crippen molar-refractivity contribution in [2.75, 3.05) is 17.7 Å². The Bertz CT molecular complexity index is 762. The molecule has 0 bridgehead atoms. The fourth-order valence-corrected chi connectivity index (χ4v) is 2.05. The van der Waals surface area contributed by atoms with Crippen LogP contribution in [-0.2, 0) is 9.59 Å². The van der Waals surface area contributed by atoms with Crippen LogP contribution < -0.4 is 20.1 Å². The van der Waals surface area contributed by atoms with E-state index >= 15 is 0 Å². The number of amides is 2. The molecule has 2 aromatic carbocycles. The summed E-state index contributed by atoms with van der Waals surface area (Å²) in [6.45, 7) is 2.89. The highest BCUT2D eigenvalue weighted by atomic mass is 19.1. The van der Waals surface area contributed by atoms with E-state index in [-0.39, 0.29) is 11.6 Å². The van der Waals surface area contributed by atoms with Crippen molar-refractivity contribution in [2.24, 2.45) is 0 Å². The minimum atomic E-state index is -0.850. The van der Waals surface area contributed by atoms with E-state index in [0.717, 1.165) is 6.07 Å². The molecule has 0 saturated heterocycles. The molecule has 6 nitrogen and oxygen atoms in total. The van der Waals surface area contributed by atoms with Gasteiger partial charge in [0.2, 0.25) is 5.91 Å². The normalized spacial score (nSPS) is 11.4. The summed E-state index contributed by atoms with van der Waals surface area (Å²) in [5, 5.41) is 4.98. The summed E-state index contributed by atoms with van der Waals surface area (Å²) in [5.41, 5.74) is 0.342. The number of anilines is 2. The van der Waals surface area contributed by atoms with E-state index in [1.807, 2.05) is 0 Å². The summed E-state index contributed by atoms with van der Waals surface area (Å²) in [6.07, 6.45) is -0.850. The average molecular weight is 346 g/mol. The summed E-state index contributed by atoms with van der Waals surface area (Å²) >= 11 is 0. The van der Waals surface area contributed by atoms with Gasteiger partial charge in [-0.05, 0) is 49.4 Å². The largest absolute Gasteiger partial charge is 0.497 e. The molecule has 2 rings (SSSR count). The number of hydrogen-bond acceptors (Lipinski definition) is 4. The van der Waals surface area contributed by atoms with Gasteiger partial charge in [-0.25, -0.2) is 4.39 Å². The van der Waals surface area contributed by atoms with Crippen LogP contribution in [0, 0.1) is 5.82 Å². The molecular weight excluding hydrogens is 327 g/mol. The van der Waals surface area contributed by atoms with Crippen molar-refractivity contribution in [3.63, 3.8) is 0 Å². The first-order valence-corrected chi connectivity index (χ1v) is 7.57. The summed E-state index contributed by atoms with van der Waals surface area (Å²) in [6, 6.07) is 10.7. The zero-order chi connectivity index (χ0) is 18.4. The maximum Gasteiger partial charge on any atom is 0.265 e. The molecule has 0 heterocycles. The molecule has 0 saturated carbocycles. The van der Waals surface area contributed by atoms with Crippen LogP contribution in [0.2, 0.25) is 0 Å². The van der Waals surface area contributed by atoms with Crippen molar-refractivity contribution in [1.82, 2.24) is 0 Å². The van der Waals surface area contributed by atoms with E-state index in [0.29, 0.717) is 17.2 Å². The van der Waals surface area contributed by atoms with E-state index < -0.39 is 17.8 Å². The van der Waals surface area contributed by atoms with Crippen LogP contribution in [0.5, 0.6) is 11.5 Å². The molecule has 0 spiro atoms. The van der Waals surface area contributed by atoms with Gasteiger partial charge >= 0.3 is 0 Å². The van der Waals surface area contributed by atoms with Gasteiger partial charge in [0, 0.05) is 12.6 Å². The number of methoxy groups -OCH3 is 1. The quantitative estimate of drug-likeness (QED) is 0.842. The Morgan fingerprint density at radius 2 is 1.68 bits per heavy atom. The van der Waals surface area contributed by atoms with Gasteiger partial charge in [-0.2, -0.15) is 0 Å². The number of nitrogens with one attached hydrogen (secondary N) is 2. The van der Waals surface area contributed by atoms with E-state index in [1.54, 1.807) is 38.3 Å². The van der Waals surface area contributed by atoms with Gasteiger partial charge in [-0.15, -0.1) is 0 Å². The van der Waals surface area contributed by atoms with Crippen LogP contribution in [0.4, 0.5) is 15.8 Å². The fraction of sp³-hybridized carbons (Fsp3) is 0.222. The molecule has 25 heavy (non-hydrogen) atoms. The number of carbonyl (C=O) groups excluding carboxylic acids is 2. The number of benzene rings is 2. The predicted octanol–water partition coefficient (Wildman–Crippen LogP) is 3.20. The van der Waals surface area contributed by atoms with Crippen LogP contribution >= 0.6 is 0 Å². The Labute approximate surface area is 144 Å². The molecule has 1 unspecified atom stereocenters. The molecule has 0 aliphatic rings. The van der Waals surface area contributed by atoms with Gasteiger partial charge in [0.25, 0.3) is 5.91 Å². The van der Waals surface area contributed by atoms with Crippen LogP contribution in [0.15, 0.2) is 42.5 Å². The van der Waals surface area contributed by atoms with Crippen LogP contribution in [0.1, 0.15) is 13.8 Å². The summed E-state index contributed by atoms with van der Waals surface area (Å²) in [7, 11) is 1.55. The molecule has 132 valence electrons. The van der Waals surface area contributed by atoms with Crippen LogP contribution in [-0.4, -0.2) is 25.0 Å². The average Bonchev–Trinajstić information content (AvgIpc) is 2.58. The summed E-state index contributed by atoms with van der Waals surface area (Å²) in [5.74, 6) is -0.272. The highest BCUT2D eigenvalue weighted by molar-refractivity contribution is 5.95. The van der Waals surface area contributed by atoms with E-state index in [9.17, 15) is 14.0 Å². The van der Waals surface area contributed by atoms with Gasteiger partial charge in [0.05, 0.1) is 12.8 Å². The van der Waals surface area contributed by atoms with E-state index in [2.05, 4.69) is 10.6 Å². The number of rotatable bonds is 6. The van der Waals surface area contributed by atoms with Crippen molar-refractivity contribution >= 4 is 23.2 Å². The summed E-state index contributed by atoms with van der Waals surface area (Å²) in [4.78, 5) is 23.3. The Balaban J connectivity index is 2.03. The second-order valence-corrected chi connectivity index (χ2v) is 5.30. The SMILES string of the molecule is COc1ccc(OC(C)C(=O)Nc2cc(NC(C)=O)ccc2F)cc1.